The lowest BCUT2D eigenvalue weighted by Gasteiger charge is -2.22. The number of hydrogen-bond acceptors (Lipinski definition) is 7. The first-order valence-corrected chi connectivity index (χ1v) is 13.9. The highest BCUT2D eigenvalue weighted by molar-refractivity contribution is 7.92. The van der Waals surface area contributed by atoms with Crippen molar-refractivity contribution in [2.24, 2.45) is 0 Å². The number of hydrogen-bond donors (Lipinski definition) is 3. The van der Waals surface area contributed by atoms with E-state index in [1.165, 1.54) is 24.4 Å². The second-order valence-electron chi connectivity index (χ2n) is 8.94. The average Bonchev–Trinajstić information content (AvgIpc) is 3.18. The summed E-state index contributed by atoms with van der Waals surface area (Å²) in [5.74, 6) is -3.60. The molecule has 0 radical (unpaired) electrons. The fraction of sp³-hybridized carbons (Fsp3) is 0.385. The highest BCUT2D eigenvalue weighted by atomic mass is 32.2. The molecular formula is C26H32F3N5O6S. The molecule has 2 heterocycles. The van der Waals surface area contributed by atoms with Gasteiger partial charge in [0.05, 0.1) is 21.8 Å². The molecule has 3 rings (SSSR count). The number of halogens is 3. The van der Waals surface area contributed by atoms with E-state index in [0.717, 1.165) is 35.5 Å². The molecule has 0 spiro atoms. The predicted octanol–water partition coefficient (Wildman–Crippen LogP) is 4.29. The zero-order valence-electron chi connectivity index (χ0n) is 23.2. The van der Waals surface area contributed by atoms with E-state index < -0.39 is 28.1 Å². The number of aliphatic carboxylic acids is 1. The molecule has 0 aliphatic heterocycles. The van der Waals surface area contributed by atoms with Crippen LogP contribution in [0.4, 0.5) is 24.7 Å². The largest absolute Gasteiger partial charge is 0.490 e. The maximum absolute atomic E-state index is 13.0. The first-order valence-electron chi connectivity index (χ1n) is 12.4. The van der Waals surface area contributed by atoms with Gasteiger partial charge in [0.15, 0.2) is 5.82 Å². The highest BCUT2D eigenvalue weighted by Crippen LogP contribution is 2.27. The number of sulfonamides is 1. The van der Waals surface area contributed by atoms with Crippen molar-refractivity contribution in [1.29, 1.82) is 0 Å². The van der Waals surface area contributed by atoms with Gasteiger partial charge in [-0.1, -0.05) is 19.1 Å². The quantitative estimate of drug-likeness (QED) is 0.310. The normalized spacial score (nSPS) is 11.4. The van der Waals surface area contributed by atoms with E-state index in [0.29, 0.717) is 18.8 Å². The lowest BCUT2D eigenvalue weighted by Crippen LogP contribution is -2.25. The van der Waals surface area contributed by atoms with Gasteiger partial charge in [0.1, 0.15) is 0 Å². The minimum Gasteiger partial charge on any atom is -0.478 e. The summed E-state index contributed by atoms with van der Waals surface area (Å²) in [6.45, 7) is 9.35. The number of aromatic carboxylic acids is 1. The van der Waals surface area contributed by atoms with Crippen LogP contribution in [0.3, 0.4) is 0 Å². The van der Waals surface area contributed by atoms with Crippen molar-refractivity contribution in [3.8, 4) is 0 Å². The Morgan fingerprint density at radius 3 is 2.15 bits per heavy atom. The van der Waals surface area contributed by atoms with E-state index >= 15 is 0 Å². The molecule has 0 bridgehead atoms. The summed E-state index contributed by atoms with van der Waals surface area (Å²) in [5, 5.41) is 21.1. The molecular weight excluding hydrogens is 567 g/mol. The summed E-state index contributed by atoms with van der Waals surface area (Å²) < 4.78 is 62.3. The summed E-state index contributed by atoms with van der Waals surface area (Å²) >= 11 is 0. The SMILES string of the molecule is CCc1ccc(S(=O)(=O)Nc2cc(C(=O)O)cnc2N(C)CCc2c(C)nn(CC)c2C)cc1.O=C(O)C(F)(F)F. The zero-order valence-corrected chi connectivity index (χ0v) is 24.0. The van der Waals surface area contributed by atoms with Crippen LogP contribution in [0.15, 0.2) is 41.4 Å². The van der Waals surface area contributed by atoms with Gasteiger partial charge in [0.25, 0.3) is 10.0 Å². The van der Waals surface area contributed by atoms with Gasteiger partial charge in [-0.3, -0.25) is 9.40 Å². The number of carboxylic acid groups (broad SMARTS) is 2. The topological polar surface area (TPSA) is 155 Å². The summed E-state index contributed by atoms with van der Waals surface area (Å²) in [7, 11) is -2.14. The minimum atomic E-state index is -5.08. The molecule has 11 nitrogen and oxygen atoms in total. The van der Waals surface area contributed by atoms with Gasteiger partial charge >= 0.3 is 18.1 Å². The molecule has 0 atom stereocenters. The molecule has 0 aliphatic carbocycles. The number of nitrogens with one attached hydrogen (secondary N) is 1. The van der Waals surface area contributed by atoms with Crippen LogP contribution >= 0.6 is 0 Å². The maximum Gasteiger partial charge on any atom is 0.490 e. The van der Waals surface area contributed by atoms with E-state index in [4.69, 9.17) is 9.90 Å². The zero-order chi connectivity index (χ0) is 31.1. The molecule has 0 saturated carbocycles. The predicted molar refractivity (Wildman–Crippen MR) is 146 cm³/mol. The molecule has 0 saturated heterocycles. The first-order chi connectivity index (χ1) is 19.0. The van der Waals surface area contributed by atoms with Gasteiger partial charge in [-0.2, -0.15) is 18.3 Å². The molecule has 15 heteroatoms. The summed E-state index contributed by atoms with van der Waals surface area (Å²) in [6, 6.07) is 7.89. The van der Waals surface area contributed by atoms with Crippen LogP contribution < -0.4 is 9.62 Å². The molecule has 0 unspecified atom stereocenters. The van der Waals surface area contributed by atoms with Gasteiger partial charge in [-0.25, -0.2) is 23.0 Å². The van der Waals surface area contributed by atoms with E-state index in [1.807, 2.05) is 37.3 Å². The second-order valence-corrected chi connectivity index (χ2v) is 10.6. The average molecular weight is 600 g/mol. The Hall–Kier alpha value is -4.14. The fourth-order valence-corrected chi connectivity index (χ4v) is 4.90. The van der Waals surface area contributed by atoms with Gasteiger partial charge in [0, 0.05) is 32.0 Å². The summed E-state index contributed by atoms with van der Waals surface area (Å²) in [5.41, 5.74) is 4.21. The highest BCUT2D eigenvalue weighted by Gasteiger charge is 2.38. The molecule has 3 aromatic rings. The third-order valence-corrected chi connectivity index (χ3v) is 7.51. The molecule has 1 aromatic carbocycles. The number of alkyl halides is 3. The number of nitrogens with zero attached hydrogens (tertiary/aromatic N) is 4. The van der Waals surface area contributed by atoms with Gasteiger partial charge < -0.3 is 15.1 Å². The number of rotatable bonds is 10. The Kier molecular flexibility index (Phi) is 10.9. The third kappa shape index (κ3) is 8.67. The Labute approximate surface area is 235 Å². The first kappa shape index (κ1) is 33.1. The Balaban J connectivity index is 0.000000745. The van der Waals surface area contributed by atoms with E-state index in [9.17, 15) is 31.5 Å². The number of benzene rings is 1. The van der Waals surface area contributed by atoms with Crippen molar-refractivity contribution in [2.45, 2.75) is 58.2 Å². The van der Waals surface area contributed by atoms with Crippen molar-refractivity contribution < 1.29 is 41.4 Å². The van der Waals surface area contributed by atoms with Crippen LogP contribution in [0.5, 0.6) is 0 Å². The number of carbonyl (C=O) groups is 2. The van der Waals surface area contributed by atoms with E-state index in [1.54, 1.807) is 19.2 Å². The lowest BCUT2D eigenvalue weighted by atomic mass is 10.1. The number of pyridine rings is 1. The molecule has 0 aliphatic rings. The monoisotopic (exact) mass is 599 g/mol. The Morgan fingerprint density at radius 1 is 1.10 bits per heavy atom. The standard InChI is InChI=1S/C24H31N5O4S.C2HF3O2/c1-6-18-8-10-20(11-9-18)34(32,33)27-22-14-19(24(30)31)15-25-23(22)28(5)13-12-21-16(3)26-29(7-2)17(21)4;3-2(4,5)1(6)7/h8-11,14-15,27H,6-7,12-13H2,1-5H3,(H,30,31);(H,6,7). The molecule has 224 valence electrons. The van der Waals surface area contributed by atoms with Gasteiger partial charge in [-0.15, -0.1) is 0 Å². The van der Waals surface area contributed by atoms with Crippen molar-refractivity contribution in [3.05, 3.63) is 64.6 Å². The van der Waals surface area contributed by atoms with Crippen molar-refractivity contribution in [3.63, 3.8) is 0 Å². The Morgan fingerprint density at radius 2 is 1.68 bits per heavy atom. The van der Waals surface area contributed by atoms with Crippen molar-refractivity contribution in [1.82, 2.24) is 14.8 Å². The lowest BCUT2D eigenvalue weighted by molar-refractivity contribution is -0.192. The van der Waals surface area contributed by atoms with E-state index in [-0.39, 0.29) is 16.1 Å². The molecule has 2 aromatic heterocycles. The second kappa shape index (κ2) is 13.5. The molecule has 41 heavy (non-hydrogen) atoms. The maximum atomic E-state index is 13.0. The summed E-state index contributed by atoms with van der Waals surface area (Å²) in [6.07, 6.45) is -2.38. The Bertz CT molecular complexity index is 1490. The number of aryl methyl sites for hydroxylation is 3. The number of likely N-dealkylation sites (N-methyl/N-ethyl adjacent to an activating group) is 1. The van der Waals surface area contributed by atoms with Crippen LogP contribution in [0, 0.1) is 13.8 Å². The van der Waals surface area contributed by atoms with E-state index in [2.05, 4.69) is 14.8 Å². The number of anilines is 2. The van der Waals surface area contributed by atoms with Crippen LogP contribution in [0.25, 0.3) is 0 Å². The van der Waals surface area contributed by atoms with Crippen LogP contribution in [0.2, 0.25) is 0 Å². The molecule has 0 amide bonds. The van der Waals surface area contributed by atoms with Crippen LogP contribution in [-0.2, 0) is 34.2 Å². The molecule has 0 fully saturated rings. The van der Waals surface area contributed by atoms with Crippen LogP contribution in [0.1, 0.15) is 46.7 Å². The fourth-order valence-electron chi connectivity index (χ4n) is 3.85. The smallest absolute Gasteiger partial charge is 0.478 e. The number of aromatic nitrogens is 3. The van der Waals surface area contributed by atoms with Gasteiger partial charge in [0.2, 0.25) is 0 Å². The van der Waals surface area contributed by atoms with Crippen molar-refractivity contribution in [2.75, 3.05) is 23.2 Å². The summed E-state index contributed by atoms with van der Waals surface area (Å²) in [4.78, 5) is 26.6. The minimum absolute atomic E-state index is 0.0947. The van der Waals surface area contributed by atoms with Gasteiger partial charge in [-0.05, 0) is 62.9 Å². The van der Waals surface area contributed by atoms with Crippen molar-refractivity contribution >= 4 is 33.5 Å². The third-order valence-electron chi connectivity index (χ3n) is 6.13. The molecule has 3 N–H and O–H groups in total. The van der Waals surface area contributed by atoms with Crippen LogP contribution in [-0.4, -0.2) is 65.1 Å². The number of carboxylic acids is 2.